The van der Waals surface area contributed by atoms with E-state index < -0.39 is 5.97 Å². The predicted octanol–water partition coefficient (Wildman–Crippen LogP) is 3.54. The van der Waals surface area contributed by atoms with E-state index >= 15 is 0 Å². The molecule has 22 heavy (non-hydrogen) atoms. The molecular formula is C18H14O4. The van der Waals surface area contributed by atoms with Crippen LogP contribution in [-0.2, 0) is 4.79 Å². The molecule has 110 valence electrons. The van der Waals surface area contributed by atoms with Crippen LogP contribution in [0.15, 0.2) is 48.2 Å². The summed E-state index contributed by atoms with van der Waals surface area (Å²) >= 11 is 0. The monoisotopic (exact) mass is 294 g/mol. The molecule has 0 saturated heterocycles. The molecule has 0 fully saturated rings. The van der Waals surface area contributed by atoms with Crippen molar-refractivity contribution in [1.82, 2.24) is 0 Å². The molecule has 4 heteroatoms. The number of ether oxygens (including phenoxy) is 2. The minimum Gasteiger partial charge on any atom is -0.452 e. The first-order valence-electron chi connectivity index (χ1n) is 6.87. The second kappa shape index (κ2) is 5.48. The average molecular weight is 294 g/mol. The normalized spacial score (nSPS) is 14.6. The van der Waals surface area contributed by atoms with Gasteiger partial charge in [-0.05, 0) is 36.3 Å². The summed E-state index contributed by atoms with van der Waals surface area (Å²) in [6.45, 7) is 3.29. The van der Waals surface area contributed by atoms with Crippen LogP contribution in [0.25, 0.3) is 6.08 Å². The van der Waals surface area contributed by atoms with Crippen LogP contribution in [-0.4, -0.2) is 11.8 Å². The number of ketones is 1. The summed E-state index contributed by atoms with van der Waals surface area (Å²) in [5, 5.41) is 0. The summed E-state index contributed by atoms with van der Waals surface area (Å²) in [6.07, 6.45) is 1.73. The van der Waals surface area contributed by atoms with Crippen molar-refractivity contribution in [3.05, 3.63) is 64.9 Å². The fraction of sp³-hybridized carbons (Fsp3) is 0.111. The molecule has 0 bridgehead atoms. The molecule has 0 aromatic heterocycles. The van der Waals surface area contributed by atoms with Crippen molar-refractivity contribution in [2.75, 3.05) is 0 Å². The fourth-order valence-corrected chi connectivity index (χ4v) is 2.29. The molecule has 0 aliphatic carbocycles. The lowest BCUT2D eigenvalue weighted by molar-refractivity contribution is -0.131. The molecule has 0 amide bonds. The Bertz CT molecular complexity index is 802. The second-order valence-electron chi connectivity index (χ2n) is 5.05. The van der Waals surface area contributed by atoms with E-state index in [1.165, 1.54) is 6.92 Å². The minimum atomic E-state index is -0.417. The van der Waals surface area contributed by atoms with Gasteiger partial charge in [0.05, 0.1) is 5.56 Å². The zero-order valence-electron chi connectivity index (χ0n) is 12.3. The van der Waals surface area contributed by atoms with E-state index in [0.717, 1.165) is 11.1 Å². The van der Waals surface area contributed by atoms with Crippen LogP contribution in [0.1, 0.15) is 28.4 Å². The van der Waals surface area contributed by atoms with E-state index in [1.807, 2.05) is 31.2 Å². The van der Waals surface area contributed by atoms with Crippen LogP contribution in [0, 0.1) is 6.92 Å². The Labute approximate surface area is 128 Å². The van der Waals surface area contributed by atoms with E-state index in [-0.39, 0.29) is 11.5 Å². The van der Waals surface area contributed by atoms with Crippen molar-refractivity contribution in [3.8, 4) is 11.5 Å². The van der Waals surface area contributed by atoms with Gasteiger partial charge in [-0.15, -0.1) is 0 Å². The first-order valence-corrected chi connectivity index (χ1v) is 6.87. The lowest BCUT2D eigenvalue weighted by Crippen LogP contribution is -2.01. The van der Waals surface area contributed by atoms with Gasteiger partial charge in [0, 0.05) is 13.0 Å². The Morgan fingerprint density at radius 2 is 1.95 bits per heavy atom. The Morgan fingerprint density at radius 1 is 1.18 bits per heavy atom. The number of hydrogen-bond donors (Lipinski definition) is 0. The zero-order valence-corrected chi connectivity index (χ0v) is 12.3. The highest BCUT2D eigenvalue weighted by Crippen LogP contribution is 2.35. The zero-order chi connectivity index (χ0) is 15.7. The predicted molar refractivity (Wildman–Crippen MR) is 81.9 cm³/mol. The minimum absolute atomic E-state index is 0.173. The number of aryl methyl sites for hydroxylation is 1. The quantitative estimate of drug-likeness (QED) is 0.483. The molecular weight excluding hydrogens is 280 g/mol. The Morgan fingerprint density at radius 3 is 2.68 bits per heavy atom. The van der Waals surface area contributed by atoms with Crippen LogP contribution in [0.3, 0.4) is 0 Å². The third-order valence-electron chi connectivity index (χ3n) is 3.38. The number of fused-ring (bicyclic) bond motifs is 1. The molecule has 0 N–H and O–H groups in total. The van der Waals surface area contributed by atoms with Crippen molar-refractivity contribution in [2.24, 2.45) is 0 Å². The van der Waals surface area contributed by atoms with Gasteiger partial charge in [-0.3, -0.25) is 9.59 Å². The summed E-state index contributed by atoms with van der Waals surface area (Å²) < 4.78 is 10.6. The number of rotatable bonds is 2. The summed E-state index contributed by atoms with van der Waals surface area (Å²) in [6, 6.07) is 12.5. The molecule has 1 aliphatic rings. The molecule has 0 unspecified atom stereocenters. The summed E-state index contributed by atoms with van der Waals surface area (Å²) in [7, 11) is 0. The van der Waals surface area contributed by atoms with Crippen LogP contribution in [0.4, 0.5) is 0 Å². The maximum absolute atomic E-state index is 12.3. The van der Waals surface area contributed by atoms with Gasteiger partial charge in [-0.25, -0.2) is 0 Å². The van der Waals surface area contributed by atoms with E-state index in [4.69, 9.17) is 9.47 Å². The number of allylic oxidation sites excluding steroid dienone is 1. The summed E-state index contributed by atoms with van der Waals surface area (Å²) in [4.78, 5) is 23.3. The second-order valence-corrected chi connectivity index (χ2v) is 5.05. The number of hydrogen-bond acceptors (Lipinski definition) is 4. The van der Waals surface area contributed by atoms with Gasteiger partial charge >= 0.3 is 5.97 Å². The van der Waals surface area contributed by atoms with Crippen LogP contribution < -0.4 is 9.47 Å². The van der Waals surface area contributed by atoms with Crippen molar-refractivity contribution in [2.45, 2.75) is 13.8 Å². The van der Waals surface area contributed by atoms with Crippen molar-refractivity contribution < 1.29 is 19.1 Å². The van der Waals surface area contributed by atoms with Gasteiger partial charge in [0.25, 0.3) is 0 Å². The van der Waals surface area contributed by atoms with Crippen molar-refractivity contribution in [1.29, 1.82) is 0 Å². The highest BCUT2D eigenvalue weighted by molar-refractivity contribution is 6.14. The van der Waals surface area contributed by atoms with Gasteiger partial charge in [-0.1, -0.05) is 24.3 Å². The summed E-state index contributed by atoms with van der Waals surface area (Å²) in [5.41, 5.74) is 2.46. The lowest BCUT2D eigenvalue weighted by Gasteiger charge is -2.03. The lowest BCUT2D eigenvalue weighted by atomic mass is 10.1. The average Bonchev–Trinajstić information content (AvgIpc) is 2.77. The van der Waals surface area contributed by atoms with E-state index in [9.17, 15) is 9.59 Å². The van der Waals surface area contributed by atoms with Crippen LogP contribution >= 0.6 is 0 Å². The standard InChI is InChI=1S/C18H14O4/c1-11-5-3-4-6-13(11)9-17-18(20)15-8-7-14(21-12(2)19)10-16(15)22-17/h3-10H,1-2H3/b17-9+. The fourth-order valence-electron chi connectivity index (χ4n) is 2.29. The van der Waals surface area contributed by atoms with Gasteiger partial charge in [0.15, 0.2) is 5.76 Å². The molecule has 0 spiro atoms. The molecule has 1 aliphatic heterocycles. The summed E-state index contributed by atoms with van der Waals surface area (Å²) in [5.74, 6) is 0.441. The van der Waals surface area contributed by atoms with Gasteiger partial charge in [-0.2, -0.15) is 0 Å². The number of carbonyl (C=O) groups is 2. The molecule has 4 nitrogen and oxygen atoms in total. The highest BCUT2D eigenvalue weighted by Gasteiger charge is 2.28. The van der Waals surface area contributed by atoms with E-state index in [0.29, 0.717) is 17.1 Å². The van der Waals surface area contributed by atoms with Gasteiger partial charge in [0.1, 0.15) is 11.5 Å². The number of carbonyl (C=O) groups excluding carboxylic acids is 2. The third-order valence-corrected chi connectivity index (χ3v) is 3.38. The SMILES string of the molecule is CC(=O)Oc1ccc2c(c1)O/C(=C/c1ccccc1C)C2=O. The van der Waals surface area contributed by atoms with Crippen molar-refractivity contribution in [3.63, 3.8) is 0 Å². The maximum atomic E-state index is 12.3. The van der Waals surface area contributed by atoms with Crippen LogP contribution in [0.5, 0.6) is 11.5 Å². The van der Waals surface area contributed by atoms with E-state index in [2.05, 4.69) is 0 Å². The smallest absolute Gasteiger partial charge is 0.308 e. The van der Waals surface area contributed by atoms with Crippen LogP contribution in [0.2, 0.25) is 0 Å². The number of esters is 1. The molecule has 1 heterocycles. The molecule has 2 aromatic carbocycles. The first kappa shape index (κ1) is 14.1. The molecule has 3 rings (SSSR count). The maximum Gasteiger partial charge on any atom is 0.308 e. The molecule has 0 saturated carbocycles. The Kier molecular flexibility index (Phi) is 3.51. The Balaban J connectivity index is 1.94. The van der Waals surface area contributed by atoms with Crippen molar-refractivity contribution >= 4 is 17.8 Å². The number of benzene rings is 2. The largest absolute Gasteiger partial charge is 0.452 e. The topological polar surface area (TPSA) is 52.6 Å². The van der Waals surface area contributed by atoms with Gasteiger partial charge < -0.3 is 9.47 Å². The van der Waals surface area contributed by atoms with Gasteiger partial charge in [0.2, 0.25) is 5.78 Å². The van der Waals surface area contributed by atoms with E-state index in [1.54, 1.807) is 24.3 Å². The highest BCUT2D eigenvalue weighted by atomic mass is 16.5. The first-order chi connectivity index (χ1) is 10.5. The molecule has 2 aromatic rings. The Hall–Kier alpha value is -2.88. The third kappa shape index (κ3) is 2.63. The number of Topliss-reactive ketones (excluding diaryl/α,β-unsaturated/α-hetero) is 1. The molecule has 0 radical (unpaired) electrons. The molecule has 0 atom stereocenters.